The van der Waals surface area contributed by atoms with Crippen LogP contribution in [0, 0.1) is 10.1 Å². The quantitative estimate of drug-likeness (QED) is 0.351. The maximum absolute atomic E-state index is 12.3. The van der Waals surface area contributed by atoms with Gasteiger partial charge in [0.05, 0.1) is 11.1 Å². The van der Waals surface area contributed by atoms with Crippen molar-refractivity contribution < 1.29 is 14.5 Å². The number of hydrazone groups is 1. The van der Waals surface area contributed by atoms with Gasteiger partial charge in [-0.25, -0.2) is 5.43 Å². The van der Waals surface area contributed by atoms with Crippen LogP contribution in [0.25, 0.3) is 0 Å². The van der Waals surface area contributed by atoms with Crippen LogP contribution in [0.2, 0.25) is 5.02 Å². The second-order valence-electron chi connectivity index (χ2n) is 6.09. The lowest BCUT2D eigenvalue weighted by atomic mass is 10.1. The smallest absolute Gasteiger partial charge is 0.271 e. The number of carbonyl (C=O) groups excluding carboxylic acids is 2. The van der Waals surface area contributed by atoms with Crippen molar-refractivity contribution in [3.8, 4) is 0 Å². The van der Waals surface area contributed by atoms with Gasteiger partial charge in [-0.2, -0.15) is 5.10 Å². The van der Waals surface area contributed by atoms with Crippen molar-refractivity contribution in [3.63, 3.8) is 0 Å². The molecule has 0 bridgehead atoms. The van der Waals surface area contributed by atoms with Crippen molar-refractivity contribution in [3.05, 3.63) is 105 Å². The molecule has 0 saturated heterocycles. The molecular weight excluding hydrogens is 408 g/mol. The minimum atomic E-state index is -0.499. The van der Waals surface area contributed by atoms with Gasteiger partial charge in [0.2, 0.25) is 0 Å². The molecule has 0 aliphatic carbocycles. The Hall–Kier alpha value is -4.04. The molecule has 9 heteroatoms. The van der Waals surface area contributed by atoms with E-state index >= 15 is 0 Å². The van der Waals surface area contributed by atoms with Gasteiger partial charge >= 0.3 is 0 Å². The van der Waals surface area contributed by atoms with Crippen molar-refractivity contribution in [2.75, 3.05) is 5.32 Å². The Labute approximate surface area is 176 Å². The lowest BCUT2D eigenvalue weighted by molar-refractivity contribution is -0.384. The molecular formula is C21H15ClN4O4. The molecule has 3 aromatic rings. The van der Waals surface area contributed by atoms with Crippen molar-refractivity contribution in [2.24, 2.45) is 5.10 Å². The van der Waals surface area contributed by atoms with E-state index in [1.807, 2.05) is 0 Å². The first-order valence-electron chi connectivity index (χ1n) is 8.67. The Morgan fingerprint density at radius 2 is 1.60 bits per heavy atom. The molecule has 0 aliphatic heterocycles. The molecule has 8 nitrogen and oxygen atoms in total. The number of anilines is 1. The maximum Gasteiger partial charge on any atom is 0.271 e. The first-order chi connectivity index (χ1) is 14.4. The molecule has 0 aromatic heterocycles. The van der Waals surface area contributed by atoms with Crippen LogP contribution in [0.4, 0.5) is 11.4 Å². The third-order valence-electron chi connectivity index (χ3n) is 3.95. The summed E-state index contributed by atoms with van der Waals surface area (Å²) in [7, 11) is 0. The molecule has 0 fully saturated rings. The van der Waals surface area contributed by atoms with Gasteiger partial charge in [-0.3, -0.25) is 19.7 Å². The number of nitrogens with zero attached hydrogens (tertiary/aromatic N) is 2. The molecule has 2 amide bonds. The van der Waals surface area contributed by atoms with E-state index in [1.54, 1.807) is 42.5 Å². The number of rotatable bonds is 6. The van der Waals surface area contributed by atoms with Gasteiger partial charge in [0.25, 0.3) is 17.5 Å². The zero-order chi connectivity index (χ0) is 21.5. The molecule has 0 atom stereocenters. The number of hydrogen-bond donors (Lipinski definition) is 2. The van der Waals surface area contributed by atoms with Crippen LogP contribution in [-0.4, -0.2) is 23.0 Å². The summed E-state index contributed by atoms with van der Waals surface area (Å²) in [4.78, 5) is 34.7. The third kappa shape index (κ3) is 5.49. The highest BCUT2D eigenvalue weighted by atomic mass is 35.5. The van der Waals surface area contributed by atoms with E-state index in [1.165, 1.54) is 36.5 Å². The summed E-state index contributed by atoms with van der Waals surface area (Å²) in [5.41, 5.74) is 4.05. The van der Waals surface area contributed by atoms with E-state index in [0.29, 0.717) is 27.4 Å². The van der Waals surface area contributed by atoms with Gasteiger partial charge in [0.15, 0.2) is 0 Å². The number of carbonyl (C=O) groups is 2. The maximum atomic E-state index is 12.3. The minimum absolute atomic E-state index is 0.0344. The van der Waals surface area contributed by atoms with Gasteiger partial charge in [-0.1, -0.05) is 23.7 Å². The predicted octanol–water partition coefficient (Wildman–Crippen LogP) is 4.26. The average Bonchev–Trinajstić information content (AvgIpc) is 2.74. The standard InChI is InChI=1S/C21H15ClN4O4/c22-17-5-1-3-15(11-17)20(27)24-18-6-2-4-16(12-18)21(28)25-23-13-14-7-9-19(10-8-14)26(29)30/h1-13H,(H,24,27)(H,25,28). The molecule has 150 valence electrons. The van der Waals surface area contributed by atoms with Crippen LogP contribution >= 0.6 is 11.6 Å². The van der Waals surface area contributed by atoms with Crippen molar-refractivity contribution >= 4 is 41.0 Å². The summed E-state index contributed by atoms with van der Waals surface area (Å²) in [5.74, 6) is -0.835. The Kier molecular flexibility index (Phi) is 6.51. The number of halogens is 1. The summed E-state index contributed by atoms with van der Waals surface area (Å²) in [6.45, 7) is 0. The van der Waals surface area contributed by atoms with Crippen LogP contribution in [0.3, 0.4) is 0 Å². The Morgan fingerprint density at radius 3 is 2.27 bits per heavy atom. The summed E-state index contributed by atoms with van der Waals surface area (Å²) >= 11 is 5.90. The van der Waals surface area contributed by atoms with Crippen LogP contribution in [-0.2, 0) is 0 Å². The van der Waals surface area contributed by atoms with E-state index < -0.39 is 10.8 Å². The lowest BCUT2D eigenvalue weighted by Gasteiger charge is -2.07. The van der Waals surface area contributed by atoms with E-state index in [0.717, 1.165) is 0 Å². The van der Waals surface area contributed by atoms with Crippen molar-refractivity contribution in [2.45, 2.75) is 0 Å². The number of nitro groups is 1. The number of nitro benzene ring substituents is 1. The highest BCUT2D eigenvalue weighted by Crippen LogP contribution is 2.15. The van der Waals surface area contributed by atoms with E-state index in [-0.39, 0.29) is 11.6 Å². The normalized spacial score (nSPS) is 10.6. The Bertz CT molecular complexity index is 1130. The van der Waals surface area contributed by atoms with Gasteiger partial charge < -0.3 is 5.32 Å². The monoisotopic (exact) mass is 422 g/mol. The van der Waals surface area contributed by atoms with Gasteiger partial charge in [0.1, 0.15) is 0 Å². The van der Waals surface area contributed by atoms with Crippen molar-refractivity contribution in [1.29, 1.82) is 0 Å². The molecule has 30 heavy (non-hydrogen) atoms. The fraction of sp³-hybridized carbons (Fsp3) is 0. The molecule has 0 spiro atoms. The minimum Gasteiger partial charge on any atom is -0.322 e. The summed E-state index contributed by atoms with van der Waals surface area (Å²) < 4.78 is 0. The van der Waals surface area contributed by atoms with Crippen LogP contribution in [0.15, 0.2) is 77.9 Å². The van der Waals surface area contributed by atoms with Gasteiger partial charge in [-0.15, -0.1) is 0 Å². The fourth-order valence-corrected chi connectivity index (χ4v) is 2.67. The van der Waals surface area contributed by atoms with Crippen molar-refractivity contribution in [1.82, 2.24) is 5.43 Å². The number of hydrogen-bond acceptors (Lipinski definition) is 5. The highest BCUT2D eigenvalue weighted by Gasteiger charge is 2.09. The first kappa shape index (κ1) is 20.7. The predicted molar refractivity (Wildman–Crippen MR) is 114 cm³/mol. The lowest BCUT2D eigenvalue weighted by Crippen LogP contribution is -2.18. The Balaban J connectivity index is 1.62. The molecule has 2 N–H and O–H groups in total. The molecule has 0 saturated carbocycles. The second-order valence-corrected chi connectivity index (χ2v) is 6.53. The third-order valence-corrected chi connectivity index (χ3v) is 4.19. The molecule has 0 radical (unpaired) electrons. The first-order valence-corrected chi connectivity index (χ1v) is 9.05. The average molecular weight is 423 g/mol. The highest BCUT2D eigenvalue weighted by molar-refractivity contribution is 6.31. The number of benzene rings is 3. The molecule has 0 unspecified atom stereocenters. The van der Waals surface area contributed by atoms with E-state index in [9.17, 15) is 19.7 Å². The largest absolute Gasteiger partial charge is 0.322 e. The number of non-ortho nitro benzene ring substituents is 1. The van der Waals surface area contributed by atoms with Crippen LogP contribution in [0.1, 0.15) is 26.3 Å². The molecule has 0 heterocycles. The summed E-state index contributed by atoms with van der Waals surface area (Å²) in [6, 6.07) is 18.6. The molecule has 3 aromatic carbocycles. The van der Waals surface area contributed by atoms with Gasteiger partial charge in [0, 0.05) is 34.0 Å². The summed E-state index contributed by atoms with van der Waals surface area (Å²) in [5, 5.41) is 17.6. The summed E-state index contributed by atoms with van der Waals surface area (Å²) in [6.07, 6.45) is 1.37. The van der Waals surface area contributed by atoms with Gasteiger partial charge in [-0.05, 0) is 54.1 Å². The topological polar surface area (TPSA) is 114 Å². The van der Waals surface area contributed by atoms with E-state index in [2.05, 4.69) is 15.8 Å². The van der Waals surface area contributed by atoms with Crippen LogP contribution in [0.5, 0.6) is 0 Å². The number of amides is 2. The Morgan fingerprint density at radius 1 is 0.933 bits per heavy atom. The molecule has 3 rings (SSSR count). The van der Waals surface area contributed by atoms with Crippen LogP contribution < -0.4 is 10.7 Å². The zero-order valence-corrected chi connectivity index (χ0v) is 16.2. The second kappa shape index (κ2) is 9.44. The molecule has 0 aliphatic rings. The van der Waals surface area contributed by atoms with E-state index in [4.69, 9.17) is 11.6 Å². The number of nitrogens with one attached hydrogen (secondary N) is 2. The fourth-order valence-electron chi connectivity index (χ4n) is 2.48. The SMILES string of the molecule is O=C(NN=Cc1ccc([N+](=O)[O-])cc1)c1cccc(NC(=O)c2cccc(Cl)c2)c1. The zero-order valence-electron chi connectivity index (χ0n) is 15.4.